The van der Waals surface area contributed by atoms with Crippen molar-refractivity contribution in [3.63, 3.8) is 0 Å². The SMILES string of the molecule is COc1ccc2nc(SCC(=O)Nc3ccccc3N(C)C)[nH]c2c1. The molecule has 3 rings (SSSR count). The molecule has 3 aromatic rings. The zero-order valence-electron chi connectivity index (χ0n) is 14.4. The average Bonchev–Trinajstić information content (AvgIpc) is 3.02. The van der Waals surface area contributed by atoms with E-state index >= 15 is 0 Å². The second kappa shape index (κ2) is 7.48. The summed E-state index contributed by atoms with van der Waals surface area (Å²) in [6.45, 7) is 0. The van der Waals surface area contributed by atoms with Crippen LogP contribution >= 0.6 is 11.8 Å². The van der Waals surface area contributed by atoms with E-state index in [9.17, 15) is 4.79 Å². The van der Waals surface area contributed by atoms with Gasteiger partial charge in [0.2, 0.25) is 5.91 Å². The molecular formula is C18H20N4O2S. The van der Waals surface area contributed by atoms with E-state index in [1.807, 2.05) is 61.5 Å². The van der Waals surface area contributed by atoms with Crippen molar-refractivity contribution in [3.8, 4) is 5.75 Å². The maximum atomic E-state index is 12.3. The maximum absolute atomic E-state index is 12.3. The van der Waals surface area contributed by atoms with Gasteiger partial charge in [-0.2, -0.15) is 0 Å². The number of hydrogen-bond donors (Lipinski definition) is 2. The second-order valence-corrected chi connectivity index (χ2v) is 6.64. The Kier molecular flexibility index (Phi) is 5.14. The zero-order chi connectivity index (χ0) is 17.8. The number of benzene rings is 2. The number of aromatic amines is 1. The van der Waals surface area contributed by atoms with Crippen LogP contribution in [0.4, 0.5) is 11.4 Å². The predicted octanol–water partition coefficient (Wildman–Crippen LogP) is 3.37. The number of imidazole rings is 1. The Morgan fingerprint density at radius 2 is 2.08 bits per heavy atom. The van der Waals surface area contributed by atoms with Gasteiger partial charge in [0.25, 0.3) is 0 Å². The smallest absolute Gasteiger partial charge is 0.234 e. The van der Waals surface area contributed by atoms with Gasteiger partial charge in [0, 0.05) is 20.2 Å². The van der Waals surface area contributed by atoms with Crippen LogP contribution in [0.5, 0.6) is 5.75 Å². The first-order valence-corrected chi connectivity index (χ1v) is 8.78. The Morgan fingerprint density at radius 3 is 2.84 bits per heavy atom. The molecule has 0 saturated carbocycles. The Balaban J connectivity index is 1.65. The summed E-state index contributed by atoms with van der Waals surface area (Å²) >= 11 is 1.37. The molecule has 130 valence electrons. The lowest BCUT2D eigenvalue weighted by Crippen LogP contribution is -2.18. The lowest BCUT2D eigenvalue weighted by atomic mass is 10.2. The van der Waals surface area contributed by atoms with Gasteiger partial charge >= 0.3 is 0 Å². The van der Waals surface area contributed by atoms with E-state index in [1.165, 1.54) is 11.8 Å². The molecule has 2 aromatic carbocycles. The van der Waals surface area contributed by atoms with Crippen LogP contribution in [-0.4, -0.2) is 42.8 Å². The first kappa shape index (κ1) is 17.2. The predicted molar refractivity (Wildman–Crippen MR) is 103 cm³/mol. The van der Waals surface area contributed by atoms with Gasteiger partial charge in [-0.25, -0.2) is 4.98 Å². The Hall–Kier alpha value is -2.67. The van der Waals surface area contributed by atoms with E-state index in [2.05, 4.69) is 15.3 Å². The van der Waals surface area contributed by atoms with Crippen molar-refractivity contribution >= 4 is 40.1 Å². The minimum Gasteiger partial charge on any atom is -0.497 e. The van der Waals surface area contributed by atoms with Crippen LogP contribution in [0.2, 0.25) is 0 Å². The third-order valence-corrected chi connectivity index (χ3v) is 4.54. The number of thioether (sulfide) groups is 1. The fraction of sp³-hybridized carbons (Fsp3) is 0.222. The second-order valence-electron chi connectivity index (χ2n) is 5.67. The summed E-state index contributed by atoms with van der Waals surface area (Å²) in [5.74, 6) is 0.974. The molecule has 0 unspecified atom stereocenters. The third-order valence-electron chi connectivity index (χ3n) is 3.67. The number of hydrogen-bond acceptors (Lipinski definition) is 5. The van der Waals surface area contributed by atoms with E-state index in [4.69, 9.17) is 4.74 Å². The number of ether oxygens (including phenoxy) is 1. The Morgan fingerprint density at radius 1 is 1.28 bits per heavy atom. The highest BCUT2D eigenvalue weighted by Crippen LogP contribution is 2.25. The number of carbonyl (C=O) groups is 1. The van der Waals surface area contributed by atoms with Gasteiger partial charge in [-0.15, -0.1) is 0 Å². The number of nitrogens with zero attached hydrogens (tertiary/aromatic N) is 2. The molecule has 0 fully saturated rings. The van der Waals surface area contributed by atoms with Gasteiger partial charge in [-0.1, -0.05) is 23.9 Å². The van der Waals surface area contributed by atoms with E-state index < -0.39 is 0 Å². The van der Waals surface area contributed by atoms with Crippen LogP contribution in [0.1, 0.15) is 0 Å². The lowest BCUT2D eigenvalue weighted by Gasteiger charge is -2.17. The van der Waals surface area contributed by atoms with Crippen LogP contribution in [0.25, 0.3) is 11.0 Å². The van der Waals surface area contributed by atoms with Crippen molar-refractivity contribution in [2.45, 2.75) is 5.16 Å². The number of aromatic nitrogens is 2. The molecule has 25 heavy (non-hydrogen) atoms. The molecule has 7 heteroatoms. The maximum Gasteiger partial charge on any atom is 0.234 e. The highest BCUT2D eigenvalue weighted by atomic mass is 32.2. The van der Waals surface area contributed by atoms with Gasteiger partial charge in [0.15, 0.2) is 5.16 Å². The number of H-pyrrole nitrogens is 1. The largest absolute Gasteiger partial charge is 0.497 e. The molecule has 1 heterocycles. The van der Waals surface area contributed by atoms with E-state index in [1.54, 1.807) is 7.11 Å². The molecule has 6 nitrogen and oxygen atoms in total. The van der Waals surface area contributed by atoms with Crippen molar-refractivity contribution in [3.05, 3.63) is 42.5 Å². The minimum atomic E-state index is -0.0719. The zero-order valence-corrected chi connectivity index (χ0v) is 15.2. The summed E-state index contributed by atoms with van der Waals surface area (Å²) in [6, 6.07) is 13.4. The molecule has 0 aliphatic carbocycles. The Bertz CT molecular complexity index is 892. The van der Waals surface area contributed by atoms with Crippen LogP contribution < -0.4 is 15.0 Å². The van der Waals surface area contributed by atoms with Gasteiger partial charge in [-0.05, 0) is 24.3 Å². The fourth-order valence-corrected chi connectivity index (χ4v) is 3.14. The molecule has 0 radical (unpaired) electrons. The fourth-order valence-electron chi connectivity index (χ4n) is 2.45. The van der Waals surface area contributed by atoms with Crippen molar-refractivity contribution in [1.82, 2.24) is 9.97 Å². The van der Waals surface area contributed by atoms with E-state index in [0.29, 0.717) is 5.16 Å². The summed E-state index contributed by atoms with van der Waals surface area (Å²) in [6.07, 6.45) is 0. The van der Waals surface area contributed by atoms with Crippen molar-refractivity contribution in [2.24, 2.45) is 0 Å². The third kappa shape index (κ3) is 4.06. The number of rotatable bonds is 6. The molecule has 1 aromatic heterocycles. The molecule has 1 amide bonds. The summed E-state index contributed by atoms with van der Waals surface area (Å²) < 4.78 is 5.20. The molecular weight excluding hydrogens is 336 g/mol. The number of anilines is 2. The average molecular weight is 356 g/mol. The highest BCUT2D eigenvalue weighted by Gasteiger charge is 2.10. The van der Waals surface area contributed by atoms with Crippen LogP contribution in [-0.2, 0) is 4.79 Å². The number of amides is 1. The summed E-state index contributed by atoms with van der Waals surface area (Å²) in [4.78, 5) is 21.9. The first-order chi connectivity index (χ1) is 12.1. The van der Waals surface area contributed by atoms with Gasteiger partial charge < -0.3 is 19.9 Å². The normalized spacial score (nSPS) is 10.7. The first-order valence-electron chi connectivity index (χ1n) is 7.79. The molecule has 0 aliphatic rings. The van der Waals surface area contributed by atoms with Gasteiger partial charge in [-0.3, -0.25) is 4.79 Å². The van der Waals surface area contributed by atoms with Crippen LogP contribution in [0.3, 0.4) is 0 Å². The van der Waals surface area contributed by atoms with Crippen LogP contribution in [0.15, 0.2) is 47.6 Å². The topological polar surface area (TPSA) is 70.2 Å². The molecule has 0 aliphatic heterocycles. The van der Waals surface area contributed by atoms with Crippen molar-refractivity contribution in [1.29, 1.82) is 0 Å². The summed E-state index contributed by atoms with van der Waals surface area (Å²) in [7, 11) is 5.52. The molecule has 0 atom stereocenters. The molecule has 0 bridgehead atoms. The van der Waals surface area contributed by atoms with Crippen molar-refractivity contribution in [2.75, 3.05) is 37.2 Å². The lowest BCUT2D eigenvalue weighted by molar-refractivity contribution is -0.113. The number of carbonyl (C=O) groups excluding carboxylic acids is 1. The van der Waals surface area contributed by atoms with Crippen LogP contribution in [0, 0.1) is 0 Å². The Labute approximate surface area is 150 Å². The number of fused-ring (bicyclic) bond motifs is 1. The molecule has 0 spiro atoms. The standard InChI is InChI=1S/C18H20N4O2S/c1-22(2)16-7-5-4-6-14(16)19-17(23)11-25-18-20-13-9-8-12(24-3)10-15(13)21-18/h4-10H,11H2,1-3H3,(H,19,23)(H,20,21). The van der Waals surface area contributed by atoms with E-state index in [-0.39, 0.29) is 11.7 Å². The van der Waals surface area contributed by atoms with Gasteiger partial charge in [0.1, 0.15) is 5.75 Å². The quantitative estimate of drug-likeness (QED) is 0.663. The highest BCUT2D eigenvalue weighted by molar-refractivity contribution is 7.99. The molecule has 0 saturated heterocycles. The summed E-state index contributed by atoms with van der Waals surface area (Å²) in [5.41, 5.74) is 3.51. The monoisotopic (exact) mass is 356 g/mol. The number of nitrogens with one attached hydrogen (secondary N) is 2. The van der Waals surface area contributed by atoms with Gasteiger partial charge in [0.05, 0.1) is 35.3 Å². The van der Waals surface area contributed by atoms with E-state index in [0.717, 1.165) is 28.2 Å². The minimum absolute atomic E-state index is 0.0719. The summed E-state index contributed by atoms with van der Waals surface area (Å²) in [5, 5.41) is 3.66. The van der Waals surface area contributed by atoms with Crippen molar-refractivity contribution < 1.29 is 9.53 Å². The number of methoxy groups -OCH3 is 1. The molecule has 2 N–H and O–H groups in total. The number of para-hydroxylation sites is 2.